The number of nitrogens with one attached hydrogen (secondary N) is 1. The molecule has 4 aromatic rings. The van der Waals surface area contributed by atoms with Gasteiger partial charge in [-0.05, 0) is 54.4 Å². The van der Waals surface area contributed by atoms with Gasteiger partial charge in [-0.1, -0.05) is 54.2 Å². The van der Waals surface area contributed by atoms with Gasteiger partial charge in [-0.2, -0.15) is 5.10 Å². The second-order valence-electron chi connectivity index (χ2n) is 7.04. The molecule has 0 saturated heterocycles. The van der Waals surface area contributed by atoms with Crippen LogP contribution in [0.15, 0.2) is 89.1 Å². The van der Waals surface area contributed by atoms with Gasteiger partial charge in [0.05, 0.1) is 36.2 Å². The zero-order valence-electron chi connectivity index (χ0n) is 17.8. The third kappa shape index (κ3) is 5.56. The van der Waals surface area contributed by atoms with Crippen molar-refractivity contribution < 1.29 is 9.53 Å². The standard InChI is InChI=1S/C25H24N4O2S/c1-2-31-21-14-12-19(13-15-21)16-26-28-24(30)18-32-25-27-22-10-6-7-11-23(22)29(25)17-20-8-4-3-5-9-20/h3-16H,2,17-18H2,1H3,(H,28,30)/b26-16-. The molecule has 0 aliphatic rings. The third-order valence-electron chi connectivity index (χ3n) is 4.73. The number of fused-ring (bicyclic) bond motifs is 1. The number of amides is 1. The normalized spacial score (nSPS) is 11.2. The fourth-order valence-electron chi connectivity index (χ4n) is 3.24. The minimum absolute atomic E-state index is 0.185. The molecule has 0 radical (unpaired) electrons. The Bertz CT molecular complexity index is 1200. The minimum atomic E-state index is -0.185. The van der Waals surface area contributed by atoms with E-state index >= 15 is 0 Å². The van der Waals surface area contributed by atoms with Crippen LogP contribution in [0.5, 0.6) is 5.75 Å². The predicted molar refractivity (Wildman–Crippen MR) is 129 cm³/mol. The Morgan fingerprint density at radius 1 is 1.06 bits per heavy atom. The molecule has 7 heteroatoms. The quantitative estimate of drug-likeness (QED) is 0.230. The molecule has 1 amide bonds. The molecule has 32 heavy (non-hydrogen) atoms. The van der Waals surface area contributed by atoms with Crippen molar-refractivity contribution in [3.8, 4) is 5.75 Å². The predicted octanol–water partition coefficient (Wildman–Crippen LogP) is 4.73. The summed E-state index contributed by atoms with van der Waals surface area (Å²) < 4.78 is 7.57. The Morgan fingerprint density at radius 2 is 1.81 bits per heavy atom. The van der Waals surface area contributed by atoms with E-state index in [-0.39, 0.29) is 11.7 Å². The van der Waals surface area contributed by atoms with Gasteiger partial charge in [-0.25, -0.2) is 10.4 Å². The van der Waals surface area contributed by atoms with E-state index in [0.29, 0.717) is 13.2 Å². The maximum Gasteiger partial charge on any atom is 0.250 e. The van der Waals surface area contributed by atoms with Crippen LogP contribution in [0.25, 0.3) is 11.0 Å². The van der Waals surface area contributed by atoms with E-state index in [1.165, 1.54) is 17.3 Å². The fourth-order valence-corrected chi connectivity index (χ4v) is 4.05. The summed E-state index contributed by atoms with van der Waals surface area (Å²) >= 11 is 1.40. The molecule has 0 aliphatic carbocycles. The number of hydrazone groups is 1. The first-order valence-electron chi connectivity index (χ1n) is 10.4. The number of para-hydroxylation sites is 2. The molecule has 0 fully saturated rings. The van der Waals surface area contributed by atoms with E-state index in [1.807, 2.05) is 67.6 Å². The average molecular weight is 445 g/mol. The number of thioether (sulfide) groups is 1. The fraction of sp³-hybridized carbons (Fsp3) is 0.160. The van der Waals surface area contributed by atoms with Gasteiger partial charge >= 0.3 is 0 Å². The number of ether oxygens (including phenoxy) is 1. The number of imidazole rings is 1. The molecule has 1 aromatic heterocycles. The molecule has 0 aliphatic heterocycles. The van der Waals surface area contributed by atoms with Crippen LogP contribution in [-0.4, -0.2) is 34.0 Å². The van der Waals surface area contributed by atoms with Crippen LogP contribution < -0.4 is 10.2 Å². The second-order valence-corrected chi connectivity index (χ2v) is 7.98. The highest BCUT2D eigenvalue weighted by molar-refractivity contribution is 7.99. The van der Waals surface area contributed by atoms with Crippen LogP contribution in [0.1, 0.15) is 18.1 Å². The first kappa shape index (κ1) is 21.6. The van der Waals surface area contributed by atoms with Crippen LogP contribution in [0.4, 0.5) is 0 Å². The van der Waals surface area contributed by atoms with Gasteiger partial charge in [-0.15, -0.1) is 0 Å². The number of benzene rings is 3. The van der Waals surface area contributed by atoms with E-state index in [0.717, 1.165) is 27.5 Å². The van der Waals surface area contributed by atoms with E-state index in [1.54, 1.807) is 6.21 Å². The van der Waals surface area contributed by atoms with Crippen molar-refractivity contribution >= 4 is 34.9 Å². The molecular weight excluding hydrogens is 420 g/mol. The summed E-state index contributed by atoms with van der Waals surface area (Å²) in [6, 6.07) is 25.8. The molecule has 1 N–H and O–H groups in total. The van der Waals surface area contributed by atoms with Crippen molar-refractivity contribution in [2.75, 3.05) is 12.4 Å². The summed E-state index contributed by atoms with van der Waals surface area (Å²) in [5.41, 5.74) is 6.61. The number of rotatable bonds is 9. The largest absolute Gasteiger partial charge is 0.494 e. The van der Waals surface area contributed by atoms with Crippen molar-refractivity contribution in [3.63, 3.8) is 0 Å². The number of hydrogen-bond donors (Lipinski definition) is 1. The van der Waals surface area contributed by atoms with Crippen molar-refractivity contribution in [2.45, 2.75) is 18.6 Å². The van der Waals surface area contributed by atoms with E-state index in [9.17, 15) is 4.79 Å². The van der Waals surface area contributed by atoms with Gasteiger partial charge in [0.1, 0.15) is 5.75 Å². The van der Waals surface area contributed by atoms with Gasteiger partial charge in [0, 0.05) is 0 Å². The van der Waals surface area contributed by atoms with Crippen LogP contribution >= 0.6 is 11.8 Å². The molecule has 0 spiro atoms. The lowest BCUT2D eigenvalue weighted by atomic mass is 10.2. The summed E-state index contributed by atoms with van der Waals surface area (Å²) in [5.74, 6) is 0.845. The van der Waals surface area contributed by atoms with Crippen LogP contribution in [-0.2, 0) is 11.3 Å². The lowest BCUT2D eigenvalue weighted by Crippen LogP contribution is -2.20. The summed E-state index contributed by atoms with van der Waals surface area (Å²) in [7, 11) is 0. The van der Waals surface area contributed by atoms with Crippen LogP contribution in [0, 0.1) is 0 Å². The Labute approximate surface area is 191 Å². The summed E-state index contributed by atoms with van der Waals surface area (Å²) in [6.07, 6.45) is 1.61. The summed E-state index contributed by atoms with van der Waals surface area (Å²) in [6.45, 7) is 3.27. The van der Waals surface area contributed by atoms with Crippen molar-refractivity contribution in [1.82, 2.24) is 15.0 Å². The highest BCUT2D eigenvalue weighted by atomic mass is 32.2. The Hall–Kier alpha value is -3.58. The SMILES string of the molecule is CCOc1ccc(/C=N\NC(=O)CSc2nc3ccccc3n2Cc2ccccc2)cc1. The van der Waals surface area contributed by atoms with Gasteiger partial charge in [0.25, 0.3) is 5.91 Å². The molecule has 0 saturated carbocycles. The highest BCUT2D eigenvalue weighted by Crippen LogP contribution is 2.25. The molecule has 0 unspecified atom stereocenters. The van der Waals surface area contributed by atoms with Crippen LogP contribution in [0.3, 0.4) is 0 Å². The Kier molecular flexibility index (Phi) is 7.19. The van der Waals surface area contributed by atoms with Crippen molar-refractivity contribution in [2.24, 2.45) is 5.10 Å². The molecule has 3 aromatic carbocycles. The average Bonchev–Trinajstić information content (AvgIpc) is 3.17. The molecule has 0 bridgehead atoms. The maximum atomic E-state index is 12.3. The first-order valence-corrected chi connectivity index (χ1v) is 11.4. The zero-order valence-corrected chi connectivity index (χ0v) is 18.6. The van der Waals surface area contributed by atoms with E-state index in [4.69, 9.17) is 9.72 Å². The number of aromatic nitrogens is 2. The van der Waals surface area contributed by atoms with Crippen LogP contribution in [0.2, 0.25) is 0 Å². The van der Waals surface area contributed by atoms with Gasteiger partial charge in [0.2, 0.25) is 0 Å². The minimum Gasteiger partial charge on any atom is -0.494 e. The lowest BCUT2D eigenvalue weighted by molar-refractivity contribution is -0.118. The number of hydrogen-bond acceptors (Lipinski definition) is 5. The van der Waals surface area contributed by atoms with E-state index in [2.05, 4.69) is 33.3 Å². The third-order valence-corrected chi connectivity index (χ3v) is 5.71. The van der Waals surface area contributed by atoms with Gasteiger partial charge in [-0.3, -0.25) is 4.79 Å². The number of nitrogens with zero attached hydrogens (tertiary/aromatic N) is 3. The molecule has 162 valence electrons. The molecule has 0 atom stereocenters. The number of carbonyl (C=O) groups is 1. The topological polar surface area (TPSA) is 68.5 Å². The first-order chi connectivity index (χ1) is 15.7. The molecular formula is C25H24N4O2S. The molecule has 4 rings (SSSR count). The second kappa shape index (κ2) is 10.6. The van der Waals surface area contributed by atoms with Crippen molar-refractivity contribution in [3.05, 3.63) is 90.0 Å². The number of carbonyl (C=O) groups excluding carboxylic acids is 1. The maximum absolute atomic E-state index is 12.3. The highest BCUT2D eigenvalue weighted by Gasteiger charge is 2.13. The monoisotopic (exact) mass is 444 g/mol. The zero-order chi connectivity index (χ0) is 22.2. The molecule has 6 nitrogen and oxygen atoms in total. The summed E-state index contributed by atoms with van der Waals surface area (Å²) in [5, 5.41) is 4.86. The van der Waals surface area contributed by atoms with Gasteiger partial charge < -0.3 is 9.30 Å². The Balaban J connectivity index is 1.39. The molecule has 1 heterocycles. The van der Waals surface area contributed by atoms with Gasteiger partial charge in [0.15, 0.2) is 5.16 Å². The Morgan fingerprint density at radius 3 is 2.59 bits per heavy atom. The summed E-state index contributed by atoms with van der Waals surface area (Å²) in [4.78, 5) is 17.1. The lowest BCUT2D eigenvalue weighted by Gasteiger charge is -2.09. The van der Waals surface area contributed by atoms with Crippen molar-refractivity contribution in [1.29, 1.82) is 0 Å². The smallest absolute Gasteiger partial charge is 0.250 e. The van der Waals surface area contributed by atoms with E-state index < -0.39 is 0 Å².